The van der Waals surface area contributed by atoms with Crippen molar-refractivity contribution in [3.63, 3.8) is 0 Å². The molecule has 0 N–H and O–H groups in total. The van der Waals surface area contributed by atoms with Gasteiger partial charge in [-0.3, -0.25) is 0 Å². The second-order valence-corrected chi connectivity index (χ2v) is 5.44. The van der Waals surface area contributed by atoms with E-state index in [0.29, 0.717) is 18.6 Å². The van der Waals surface area contributed by atoms with E-state index < -0.39 is 0 Å². The molecule has 0 aliphatic carbocycles. The Morgan fingerprint density at radius 1 is 1.09 bits per heavy atom. The molecule has 0 amide bonds. The van der Waals surface area contributed by atoms with Gasteiger partial charge in [-0.05, 0) is 29.8 Å². The summed E-state index contributed by atoms with van der Waals surface area (Å²) in [7, 11) is 3.96. The minimum Gasteiger partial charge on any atom is -0.493 e. The van der Waals surface area contributed by atoms with Crippen LogP contribution in [0.4, 0.5) is 5.69 Å². The largest absolute Gasteiger partial charge is 0.493 e. The molecule has 2 aromatic carbocycles. The van der Waals surface area contributed by atoms with Gasteiger partial charge in [0, 0.05) is 32.3 Å². The number of anilines is 1. The van der Waals surface area contributed by atoms with Crippen molar-refractivity contribution in [3.05, 3.63) is 59.7 Å². The normalized spacial score (nSPS) is 11.1. The van der Waals surface area contributed by atoms with Crippen LogP contribution in [0.2, 0.25) is 0 Å². The zero-order valence-electron chi connectivity index (χ0n) is 13.4. The fraction of sp³-hybridized carbons (Fsp3) is 0.263. The van der Waals surface area contributed by atoms with Crippen molar-refractivity contribution in [1.29, 1.82) is 10.5 Å². The molecular weight excluding hydrogens is 286 g/mol. The maximum absolute atomic E-state index is 9.34. The first-order valence-corrected chi connectivity index (χ1v) is 7.44. The van der Waals surface area contributed by atoms with Gasteiger partial charge < -0.3 is 9.64 Å². The SMILES string of the molecule is CN(C)c1cccc(OCCC(C#N)c2ccc(C#N)cc2)c1. The Kier molecular flexibility index (Phi) is 5.61. The van der Waals surface area contributed by atoms with Crippen molar-refractivity contribution >= 4 is 5.69 Å². The van der Waals surface area contributed by atoms with Gasteiger partial charge in [-0.1, -0.05) is 18.2 Å². The predicted octanol–water partition coefficient (Wildman–Crippen LogP) is 3.70. The Labute approximate surface area is 137 Å². The smallest absolute Gasteiger partial charge is 0.121 e. The summed E-state index contributed by atoms with van der Waals surface area (Å²) in [6, 6.07) is 19.4. The second-order valence-electron chi connectivity index (χ2n) is 5.44. The Morgan fingerprint density at radius 3 is 2.43 bits per heavy atom. The van der Waals surface area contributed by atoms with Crippen molar-refractivity contribution in [2.45, 2.75) is 12.3 Å². The molecule has 0 spiro atoms. The summed E-state index contributed by atoms with van der Waals surface area (Å²) < 4.78 is 5.77. The second kappa shape index (κ2) is 7.87. The van der Waals surface area contributed by atoms with E-state index in [9.17, 15) is 5.26 Å². The molecule has 116 valence electrons. The van der Waals surface area contributed by atoms with E-state index in [4.69, 9.17) is 10.00 Å². The lowest BCUT2D eigenvalue weighted by Gasteiger charge is -2.15. The Bertz CT molecular complexity index is 724. The van der Waals surface area contributed by atoms with Gasteiger partial charge in [-0.15, -0.1) is 0 Å². The number of hydrogen-bond acceptors (Lipinski definition) is 4. The highest BCUT2D eigenvalue weighted by atomic mass is 16.5. The quantitative estimate of drug-likeness (QED) is 0.816. The van der Waals surface area contributed by atoms with E-state index in [1.165, 1.54) is 0 Å². The van der Waals surface area contributed by atoms with Gasteiger partial charge in [0.2, 0.25) is 0 Å². The summed E-state index contributed by atoms with van der Waals surface area (Å²) in [6.45, 7) is 0.467. The Hall–Kier alpha value is -2.98. The van der Waals surface area contributed by atoms with Gasteiger partial charge in [-0.25, -0.2) is 0 Å². The van der Waals surface area contributed by atoms with Crippen LogP contribution < -0.4 is 9.64 Å². The van der Waals surface area contributed by atoms with Crippen LogP contribution in [0, 0.1) is 22.7 Å². The first-order valence-electron chi connectivity index (χ1n) is 7.44. The van der Waals surface area contributed by atoms with Crippen molar-refractivity contribution in [2.24, 2.45) is 0 Å². The van der Waals surface area contributed by atoms with Crippen molar-refractivity contribution < 1.29 is 4.74 Å². The van der Waals surface area contributed by atoms with Gasteiger partial charge in [0.1, 0.15) is 5.75 Å². The number of hydrogen-bond donors (Lipinski definition) is 0. The summed E-state index contributed by atoms with van der Waals surface area (Å²) in [5.41, 5.74) is 2.59. The molecule has 0 saturated carbocycles. The first kappa shape index (κ1) is 16.4. The van der Waals surface area contributed by atoms with Crippen LogP contribution in [-0.4, -0.2) is 20.7 Å². The van der Waals surface area contributed by atoms with E-state index in [1.54, 1.807) is 12.1 Å². The fourth-order valence-corrected chi connectivity index (χ4v) is 2.24. The number of ether oxygens (including phenoxy) is 1. The Morgan fingerprint density at radius 2 is 1.83 bits per heavy atom. The molecule has 4 heteroatoms. The third-order valence-corrected chi connectivity index (χ3v) is 3.61. The first-order chi connectivity index (χ1) is 11.1. The lowest BCUT2D eigenvalue weighted by molar-refractivity contribution is 0.306. The van der Waals surface area contributed by atoms with Crippen LogP contribution in [0.3, 0.4) is 0 Å². The average Bonchev–Trinajstić information content (AvgIpc) is 2.59. The molecule has 0 aromatic heterocycles. The van der Waals surface area contributed by atoms with E-state index in [0.717, 1.165) is 17.0 Å². The zero-order chi connectivity index (χ0) is 16.7. The van der Waals surface area contributed by atoms with E-state index in [-0.39, 0.29) is 5.92 Å². The molecule has 0 aliphatic heterocycles. The minimum absolute atomic E-state index is 0.236. The van der Waals surface area contributed by atoms with Crippen LogP contribution in [0.15, 0.2) is 48.5 Å². The molecule has 0 aliphatic rings. The molecular formula is C19H19N3O. The van der Waals surface area contributed by atoms with Crippen molar-refractivity contribution in [2.75, 3.05) is 25.6 Å². The van der Waals surface area contributed by atoms with E-state index in [2.05, 4.69) is 12.1 Å². The van der Waals surface area contributed by atoms with Gasteiger partial charge >= 0.3 is 0 Å². The van der Waals surface area contributed by atoms with Crippen molar-refractivity contribution in [3.8, 4) is 17.9 Å². The predicted molar refractivity (Wildman–Crippen MR) is 90.4 cm³/mol. The lowest BCUT2D eigenvalue weighted by atomic mass is 9.97. The highest BCUT2D eigenvalue weighted by molar-refractivity contribution is 5.49. The molecule has 0 radical (unpaired) electrons. The molecule has 23 heavy (non-hydrogen) atoms. The van der Waals surface area contributed by atoms with Gasteiger partial charge in [0.25, 0.3) is 0 Å². The molecule has 2 rings (SSSR count). The topological polar surface area (TPSA) is 60.0 Å². The van der Waals surface area contributed by atoms with Crippen molar-refractivity contribution in [1.82, 2.24) is 0 Å². The third kappa shape index (κ3) is 4.49. The minimum atomic E-state index is -0.236. The third-order valence-electron chi connectivity index (χ3n) is 3.61. The van der Waals surface area contributed by atoms with Crippen LogP contribution in [0.25, 0.3) is 0 Å². The molecule has 4 nitrogen and oxygen atoms in total. The molecule has 1 unspecified atom stereocenters. The zero-order valence-corrected chi connectivity index (χ0v) is 13.4. The molecule has 1 atom stereocenters. The monoisotopic (exact) mass is 305 g/mol. The van der Waals surface area contributed by atoms with E-state index >= 15 is 0 Å². The summed E-state index contributed by atoms with van der Waals surface area (Å²) in [6.07, 6.45) is 0.606. The van der Waals surface area contributed by atoms with Crippen LogP contribution in [0.5, 0.6) is 5.75 Å². The molecule has 0 heterocycles. The Balaban J connectivity index is 1.94. The highest BCUT2D eigenvalue weighted by Crippen LogP contribution is 2.22. The summed E-state index contributed by atoms with van der Waals surface area (Å²) in [4.78, 5) is 2.02. The van der Waals surface area contributed by atoms with Crippen LogP contribution in [0.1, 0.15) is 23.5 Å². The fourth-order valence-electron chi connectivity index (χ4n) is 2.24. The molecule has 0 saturated heterocycles. The average molecular weight is 305 g/mol. The van der Waals surface area contributed by atoms with Gasteiger partial charge in [0.15, 0.2) is 0 Å². The standard InChI is InChI=1S/C19H19N3O/c1-22(2)18-4-3-5-19(12-18)23-11-10-17(14-21)16-8-6-15(13-20)7-9-16/h3-9,12,17H,10-11H2,1-2H3. The number of nitriles is 2. The summed E-state index contributed by atoms with van der Waals surface area (Å²) in [5, 5.41) is 18.2. The highest BCUT2D eigenvalue weighted by Gasteiger charge is 2.11. The van der Waals surface area contributed by atoms with Gasteiger partial charge in [0.05, 0.1) is 30.2 Å². The maximum Gasteiger partial charge on any atom is 0.121 e. The lowest BCUT2D eigenvalue weighted by Crippen LogP contribution is -2.09. The van der Waals surface area contributed by atoms with Crippen LogP contribution in [-0.2, 0) is 0 Å². The molecule has 0 fully saturated rings. The molecule has 0 bridgehead atoms. The summed E-state index contributed by atoms with van der Waals surface area (Å²) >= 11 is 0. The van der Waals surface area contributed by atoms with Gasteiger partial charge in [-0.2, -0.15) is 10.5 Å². The maximum atomic E-state index is 9.34. The van der Waals surface area contributed by atoms with E-state index in [1.807, 2.05) is 55.4 Å². The number of rotatable bonds is 6. The summed E-state index contributed by atoms with van der Waals surface area (Å²) in [5.74, 6) is 0.562. The van der Waals surface area contributed by atoms with Crippen LogP contribution >= 0.6 is 0 Å². The molecule has 2 aromatic rings. The number of benzene rings is 2. The number of nitrogens with zero attached hydrogens (tertiary/aromatic N) is 3.